The largest absolute Gasteiger partial charge is 0.349 e. The van der Waals surface area contributed by atoms with Crippen LogP contribution in [0.1, 0.15) is 67.1 Å². The van der Waals surface area contributed by atoms with Crippen LogP contribution in [0.3, 0.4) is 0 Å². The molecule has 0 aliphatic rings. The highest BCUT2D eigenvalue weighted by atomic mass is 32.2. The molecule has 0 radical (unpaired) electrons. The third-order valence-corrected chi connectivity index (χ3v) is 6.55. The number of nitrogens with one attached hydrogen (secondary N) is 2. The Labute approximate surface area is 205 Å². The molecule has 0 aliphatic heterocycles. The second-order valence-corrected chi connectivity index (χ2v) is 9.58. The molecule has 7 nitrogen and oxygen atoms in total. The molecule has 1 heterocycles. The van der Waals surface area contributed by atoms with Gasteiger partial charge in [-0.15, -0.1) is 10.2 Å². The fraction of sp³-hybridized carbons (Fsp3) is 0.385. The van der Waals surface area contributed by atoms with Crippen LogP contribution in [0.2, 0.25) is 0 Å². The van der Waals surface area contributed by atoms with E-state index in [4.69, 9.17) is 0 Å². The fourth-order valence-corrected chi connectivity index (χ4v) is 4.53. The average Bonchev–Trinajstić information content (AvgIpc) is 3.23. The lowest BCUT2D eigenvalue weighted by Gasteiger charge is -2.22. The van der Waals surface area contributed by atoms with Crippen molar-refractivity contribution in [3.05, 3.63) is 77.1 Å². The summed E-state index contributed by atoms with van der Waals surface area (Å²) < 4.78 is 1.97. The van der Waals surface area contributed by atoms with Gasteiger partial charge >= 0.3 is 0 Å². The predicted octanol–water partition coefficient (Wildman–Crippen LogP) is 4.70. The van der Waals surface area contributed by atoms with Gasteiger partial charge in [0.1, 0.15) is 0 Å². The molecular weight excluding hydrogens is 446 g/mol. The second-order valence-electron chi connectivity index (χ2n) is 8.64. The van der Waals surface area contributed by atoms with Gasteiger partial charge in [0.15, 0.2) is 11.0 Å². The van der Waals surface area contributed by atoms with Crippen molar-refractivity contribution in [2.75, 3.05) is 5.75 Å². The number of aryl methyl sites for hydroxylation is 1. The standard InChI is InChI=1S/C26H33N5O2S/c1-6-31-24(23(17(2)3)28-25(33)21-14-10-11-18(4)15-21)29-30-26(31)34-16-22(32)27-19(5)20-12-8-7-9-13-20/h7-15,17,19,23H,6,16H2,1-5H3,(H,27,32)(H,28,33)/t19-,23+/m0/s1. The Bertz CT molecular complexity index is 1110. The first kappa shape index (κ1) is 25.5. The van der Waals surface area contributed by atoms with Crippen LogP contribution in [0.5, 0.6) is 0 Å². The summed E-state index contributed by atoms with van der Waals surface area (Å²) in [5.41, 5.74) is 2.71. The maximum absolute atomic E-state index is 12.9. The first-order valence-corrected chi connectivity index (χ1v) is 12.6. The normalized spacial score (nSPS) is 12.9. The topological polar surface area (TPSA) is 88.9 Å². The van der Waals surface area contributed by atoms with Crippen LogP contribution in [0.4, 0.5) is 0 Å². The van der Waals surface area contributed by atoms with E-state index in [2.05, 4.69) is 20.8 Å². The number of thioether (sulfide) groups is 1. The maximum Gasteiger partial charge on any atom is 0.251 e. The molecule has 2 amide bonds. The van der Waals surface area contributed by atoms with Gasteiger partial charge < -0.3 is 15.2 Å². The number of nitrogens with zero attached hydrogens (tertiary/aromatic N) is 3. The molecule has 1 aromatic heterocycles. The van der Waals surface area contributed by atoms with Gasteiger partial charge in [-0.3, -0.25) is 9.59 Å². The molecule has 0 saturated carbocycles. The Morgan fingerprint density at radius 3 is 2.38 bits per heavy atom. The summed E-state index contributed by atoms with van der Waals surface area (Å²) >= 11 is 1.35. The zero-order valence-electron chi connectivity index (χ0n) is 20.4. The highest BCUT2D eigenvalue weighted by molar-refractivity contribution is 7.99. The minimum absolute atomic E-state index is 0.0679. The third kappa shape index (κ3) is 6.47. The molecule has 2 aromatic carbocycles. The number of amides is 2. The van der Waals surface area contributed by atoms with E-state index in [9.17, 15) is 9.59 Å². The lowest BCUT2D eigenvalue weighted by Crippen LogP contribution is -2.34. The molecule has 0 unspecified atom stereocenters. The number of aromatic nitrogens is 3. The molecule has 0 fully saturated rings. The summed E-state index contributed by atoms with van der Waals surface area (Å²) in [5, 5.41) is 15.6. The van der Waals surface area contributed by atoms with Crippen LogP contribution in [-0.2, 0) is 11.3 Å². The van der Waals surface area contributed by atoms with E-state index in [1.807, 2.05) is 87.7 Å². The molecule has 0 bridgehead atoms. The number of carbonyl (C=O) groups excluding carboxylic acids is 2. The number of benzene rings is 2. The van der Waals surface area contributed by atoms with E-state index >= 15 is 0 Å². The monoisotopic (exact) mass is 479 g/mol. The van der Waals surface area contributed by atoms with Gasteiger partial charge in [-0.2, -0.15) is 0 Å². The average molecular weight is 480 g/mol. The SMILES string of the molecule is CCn1c(SCC(=O)N[C@@H](C)c2ccccc2)nnc1[C@H](NC(=O)c1cccc(C)c1)C(C)C. The van der Waals surface area contributed by atoms with E-state index in [-0.39, 0.29) is 35.6 Å². The van der Waals surface area contributed by atoms with Crippen molar-refractivity contribution in [3.8, 4) is 0 Å². The zero-order valence-corrected chi connectivity index (χ0v) is 21.2. The van der Waals surface area contributed by atoms with E-state index < -0.39 is 0 Å². The van der Waals surface area contributed by atoms with Gasteiger partial charge in [0.2, 0.25) is 5.91 Å². The summed E-state index contributed by atoms with van der Waals surface area (Å²) in [4.78, 5) is 25.4. The number of hydrogen-bond acceptors (Lipinski definition) is 5. The first-order chi connectivity index (χ1) is 16.3. The van der Waals surface area contributed by atoms with Crippen molar-refractivity contribution in [2.45, 2.75) is 58.4 Å². The van der Waals surface area contributed by atoms with E-state index in [1.165, 1.54) is 11.8 Å². The Balaban J connectivity index is 1.68. The predicted molar refractivity (Wildman–Crippen MR) is 136 cm³/mol. The molecule has 3 rings (SSSR count). The highest BCUT2D eigenvalue weighted by Crippen LogP contribution is 2.26. The van der Waals surface area contributed by atoms with E-state index in [1.54, 1.807) is 6.07 Å². The first-order valence-electron chi connectivity index (χ1n) is 11.6. The molecule has 2 N–H and O–H groups in total. The summed E-state index contributed by atoms with van der Waals surface area (Å²) in [5.74, 6) is 0.825. The number of hydrogen-bond donors (Lipinski definition) is 2. The second kappa shape index (κ2) is 11.8. The molecule has 0 spiro atoms. The molecule has 8 heteroatoms. The summed E-state index contributed by atoms with van der Waals surface area (Å²) in [6.45, 7) is 10.7. The minimum atomic E-state index is -0.304. The van der Waals surface area contributed by atoms with Crippen LogP contribution >= 0.6 is 11.8 Å². The lowest BCUT2D eigenvalue weighted by molar-refractivity contribution is -0.119. The van der Waals surface area contributed by atoms with E-state index in [0.29, 0.717) is 23.1 Å². The van der Waals surface area contributed by atoms with Crippen LogP contribution in [0.25, 0.3) is 0 Å². The van der Waals surface area contributed by atoms with Gasteiger partial charge in [0, 0.05) is 12.1 Å². The van der Waals surface area contributed by atoms with Crippen LogP contribution in [0.15, 0.2) is 59.8 Å². The summed E-state index contributed by atoms with van der Waals surface area (Å²) in [6, 6.07) is 17.0. The van der Waals surface area contributed by atoms with Crippen LogP contribution < -0.4 is 10.6 Å². The van der Waals surface area contributed by atoms with E-state index in [0.717, 1.165) is 11.1 Å². The molecule has 0 aliphatic carbocycles. The Morgan fingerprint density at radius 2 is 1.74 bits per heavy atom. The molecule has 3 aromatic rings. The molecule has 0 saturated heterocycles. The van der Waals surface area contributed by atoms with Crippen LogP contribution in [0, 0.1) is 12.8 Å². The quantitative estimate of drug-likeness (QED) is 0.411. The highest BCUT2D eigenvalue weighted by Gasteiger charge is 2.26. The molecule has 34 heavy (non-hydrogen) atoms. The van der Waals surface area contributed by atoms with Gasteiger partial charge in [0.05, 0.1) is 17.8 Å². The Morgan fingerprint density at radius 1 is 1.00 bits per heavy atom. The smallest absolute Gasteiger partial charge is 0.251 e. The molecule has 180 valence electrons. The minimum Gasteiger partial charge on any atom is -0.349 e. The van der Waals surface area contributed by atoms with Crippen molar-refractivity contribution >= 4 is 23.6 Å². The molecular formula is C26H33N5O2S. The summed E-state index contributed by atoms with van der Waals surface area (Å²) in [6.07, 6.45) is 0. The lowest BCUT2D eigenvalue weighted by atomic mass is 10.0. The van der Waals surface area contributed by atoms with Crippen molar-refractivity contribution < 1.29 is 9.59 Å². The van der Waals surface area contributed by atoms with Crippen molar-refractivity contribution in [2.24, 2.45) is 5.92 Å². The fourth-order valence-electron chi connectivity index (χ4n) is 3.71. The Hall–Kier alpha value is -3.13. The number of carbonyl (C=O) groups is 2. The Kier molecular flexibility index (Phi) is 8.87. The summed E-state index contributed by atoms with van der Waals surface area (Å²) in [7, 11) is 0. The van der Waals surface area contributed by atoms with Crippen molar-refractivity contribution in [1.82, 2.24) is 25.4 Å². The van der Waals surface area contributed by atoms with Gasteiger partial charge in [-0.25, -0.2) is 0 Å². The van der Waals surface area contributed by atoms with Crippen LogP contribution in [-0.4, -0.2) is 32.3 Å². The van der Waals surface area contributed by atoms with Crippen molar-refractivity contribution in [1.29, 1.82) is 0 Å². The van der Waals surface area contributed by atoms with Crippen molar-refractivity contribution in [3.63, 3.8) is 0 Å². The number of rotatable bonds is 10. The van der Waals surface area contributed by atoms with Gasteiger partial charge in [-0.05, 0) is 44.4 Å². The zero-order chi connectivity index (χ0) is 24.7. The van der Waals surface area contributed by atoms with Gasteiger partial charge in [0.25, 0.3) is 5.91 Å². The maximum atomic E-state index is 12.9. The molecule has 2 atom stereocenters. The van der Waals surface area contributed by atoms with Gasteiger partial charge in [-0.1, -0.05) is 73.6 Å². The third-order valence-electron chi connectivity index (χ3n) is 5.58.